The highest BCUT2D eigenvalue weighted by atomic mass is 32.2. The predicted molar refractivity (Wildman–Crippen MR) is 106 cm³/mol. The van der Waals surface area contributed by atoms with Crippen LogP contribution in [0.5, 0.6) is 0 Å². The van der Waals surface area contributed by atoms with Crippen molar-refractivity contribution in [3.63, 3.8) is 0 Å². The molecule has 0 saturated heterocycles. The summed E-state index contributed by atoms with van der Waals surface area (Å²) in [5.41, 5.74) is 1.86. The van der Waals surface area contributed by atoms with Crippen LogP contribution in [-0.2, 0) is 9.53 Å². The van der Waals surface area contributed by atoms with Crippen LogP contribution in [0.1, 0.15) is 32.1 Å². The molecule has 1 saturated carbocycles. The van der Waals surface area contributed by atoms with Gasteiger partial charge >= 0.3 is 5.97 Å². The minimum absolute atomic E-state index is 0.0631. The van der Waals surface area contributed by atoms with Crippen LogP contribution in [0, 0.1) is 5.82 Å². The molecule has 0 radical (unpaired) electrons. The third-order valence-electron chi connectivity index (χ3n) is 4.67. The zero-order chi connectivity index (χ0) is 18.6. The molecule has 1 aliphatic carbocycles. The summed E-state index contributed by atoms with van der Waals surface area (Å²) in [5, 5.41) is 3.66. The largest absolute Gasteiger partial charge is 0.462 e. The van der Waals surface area contributed by atoms with E-state index in [-0.39, 0.29) is 23.6 Å². The number of carbonyl (C=O) groups is 1. The SMILES string of the molecule is O=C(CSc1ncnc2scc(-c3ccc(F)cc3)c12)OC1CCCCC1. The number of esters is 1. The van der Waals surface area contributed by atoms with Gasteiger partial charge in [-0.15, -0.1) is 11.3 Å². The first-order chi connectivity index (χ1) is 13.2. The van der Waals surface area contributed by atoms with Gasteiger partial charge in [0.25, 0.3) is 0 Å². The highest BCUT2D eigenvalue weighted by Gasteiger charge is 2.19. The van der Waals surface area contributed by atoms with Crippen LogP contribution >= 0.6 is 23.1 Å². The standard InChI is InChI=1S/C20H19FN2O2S2/c21-14-8-6-13(7-9-14)16-10-26-19-18(16)20(23-12-22-19)27-11-17(24)25-15-4-2-1-3-5-15/h6-10,12,15H,1-5,11H2. The van der Waals surface area contributed by atoms with Gasteiger partial charge in [-0.25, -0.2) is 14.4 Å². The number of thiophene rings is 1. The van der Waals surface area contributed by atoms with Gasteiger partial charge in [0.15, 0.2) is 0 Å². The molecule has 4 nitrogen and oxygen atoms in total. The first-order valence-corrected chi connectivity index (χ1v) is 10.9. The zero-order valence-corrected chi connectivity index (χ0v) is 16.3. The Kier molecular flexibility index (Phi) is 5.69. The molecule has 0 atom stereocenters. The highest BCUT2D eigenvalue weighted by Crippen LogP contribution is 2.38. The predicted octanol–water partition coefficient (Wildman–Crippen LogP) is 5.47. The number of hydrogen-bond acceptors (Lipinski definition) is 6. The van der Waals surface area contributed by atoms with Gasteiger partial charge in [-0.2, -0.15) is 0 Å². The van der Waals surface area contributed by atoms with Gasteiger partial charge in [0.05, 0.1) is 11.1 Å². The molecule has 1 aliphatic rings. The van der Waals surface area contributed by atoms with Crippen molar-refractivity contribution in [2.24, 2.45) is 0 Å². The van der Waals surface area contributed by atoms with Crippen molar-refractivity contribution in [3.8, 4) is 11.1 Å². The Labute approximate surface area is 165 Å². The molecule has 2 aromatic heterocycles. The van der Waals surface area contributed by atoms with Crippen molar-refractivity contribution in [1.29, 1.82) is 0 Å². The lowest BCUT2D eigenvalue weighted by molar-refractivity contribution is -0.147. The Morgan fingerprint density at radius 1 is 1.19 bits per heavy atom. The second-order valence-corrected chi connectivity index (χ2v) is 8.38. The maximum absolute atomic E-state index is 13.2. The van der Waals surface area contributed by atoms with Crippen LogP contribution in [0.15, 0.2) is 41.0 Å². The molecule has 1 fully saturated rings. The van der Waals surface area contributed by atoms with Crippen LogP contribution in [0.4, 0.5) is 4.39 Å². The number of rotatable bonds is 5. The molecule has 0 spiro atoms. The topological polar surface area (TPSA) is 52.1 Å². The van der Waals surface area contributed by atoms with E-state index < -0.39 is 0 Å². The number of benzene rings is 1. The molecular weight excluding hydrogens is 383 g/mol. The first-order valence-electron chi connectivity index (χ1n) is 9.01. The van der Waals surface area contributed by atoms with Gasteiger partial charge < -0.3 is 4.74 Å². The molecule has 1 aromatic carbocycles. The molecule has 2 heterocycles. The second kappa shape index (κ2) is 8.35. The van der Waals surface area contributed by atoms with E-state index in [0.29, 0.717) is 0 Å². The number of hydrogen-bond donors (Lipinski definition) is 0. The smallest absolute Gasteiger partial charge is 0.316 e. The van der Waals surface area contributed by atoms with E-state index in [1.54, 1.807) is 12.1 Å². The summed E-state index contributed by atoms with van der Waals surface area (Å²) >= 11 is 2.89. The minimum Gasteiger partial charge on any atom is -0.462 e. The minimum atomic E-state index is -0.269. The third-order valence-corrected chi connectivity index (χ3v) is 6.52. The Morgan fingerprint density at radius 3 is 2.74 bits per heavy atom. The maximum atomic E-state index is 13.2. The number of fused-ring (bicyclic) bond motifs is 1. The van der Waals surface area contributed by atoms with Crippen LogP contribution < -0.4 is 0 Å². The van der Waals surface area contributed by atoms with Gasteiger partial charge in [-0.05, 0) is 43.4 Å². The van der Waals surface area contributed by atoms with Crippen molar-refractivity contribution in [2.45, 2.75) is 43.2 Å². The molecule has 140 valence electrons. The van der Waals surface area contributed by atoms with Gasteiger partial charge in [0.1, 0.15) is 28.1 Å². The number of carbonyl (C=O) groups excluding carboxylic acids is 1. The zero-order valence-electron chi connectivity index (χ0n) is 14.7. The Hall–Kier alpha value is -1.99. The first kappa shape index (κ1) is 18.4. The second-order valence-electron chi connectivity index (χ2n) is 6.55. The van der Waals surface area contributed by atoms with Gasteiger partial charge in [0.2, 0.25) is 0 Å². The van der Waals surface area contributed by atoms with E-state index in [9.17, 15) is 9.18 Å². The molecule has 0 amide bonds. The van der Waals surface area contributed by atoms with Crippen molar-refractivity contribution in [1.82, 2.24) is 9.97 Å². The summed E-state index contributed by atoms with van der Waals surface area (Å²) in [7, 11) is 0. The van der Waals surface area contributed by atoms with E-state index >= 15 is 0 Å². The number of nitrogens with zero attached hydrogens (tertiary/aromatic N) is 2. The highest BCUT2D eigenvalue weighted by molar-refractivity contribution is 8.00. The Morgan fingerprint density at radius 2 is 1.96 bits per heavy atom. The van der Waals surface area contributed by atoms with E-state index in [2.05, 4.69) is 9.97 Å². The molecule has 0 unspecified atom stereocenters. The maximum Gasteiger partial charge on any atom is 0.316 e. The van der Waals surface area contributed by atoms with Crippen molar-refractivity contribution in [3.05, 3.63) is 41.8 Å². The fourth-order valence-electron chi connectivity index (χ4n) is 3.33. The molecule has 4 rings (SSSR count). The summed E-state index contributed by atoms with van der Waals surface area (Å²) in [6.45, 7) is 0. The van der Waals surface area contributed by atoms with Crippen molar-refractivity contribution >= 4 is 39.3 Å². The summed E-state index contributed by atoms with van der Waals surface area (Å²) in [6, 6.07) is 6.37. The average molecular weight is 403 g/mol. The Bertz CT molecular complexity index is 937. The van der Waals surface area contributed by atoms with Crippen molar-refractivity contribution < 1.29 is 13.9 Å². The molecule has 0 N–H and O–H groups in total. The van der Waals surface area contributed by atoms with E-state index in [4.69, 9.17) is 4.74 Å². The molecular formula is C20H19FN2O2S2. The fraction of sp³-hybridized carbons (Fsp3) is 0.350. The number of thioether (sulfide) groups is 1. The lowest BCUT2D eigenvalue weighted by Crippen LogP contribution is -2.21. The summed E-state index contributed by atoms with van der Waals surface area (Å²) in [5.74, 6) is -0.242. The molecule has 0 bridgehead atoms. The normalized spacial score (nSPS) is 15.1. The lowest BCUT2D eigenvalue weighted by Gasteiger charge is -2.21. The number of aromatic nitrogens is 2. The van der Waals surface area contributed by atoms with Gasteiger partial charge in [-0.3, -0.25) is 4.79 Å². The van der Waals surface area contributed by atoms with Crippen LogP contribution in [-0.4, -0.2) is 27.8 Å². The average Bonchev–Trinajstić information content (AvgIpc) is 3.12. The quantitative estimate of drug-likeness (QED) is 0.322. The van der Waals surface area contributed by atoms with E-state index in [0.717, 1.165) is 52.1 Å². The summed E-state index contributed by atoms with van der Waals surface area (Å²) in [6.07, 6.45) is 7.00. The number of ether oxygens (including phenoxy) is 1. The van der Waals surface area contributed by atoms with E-state index in [1.807, 2.05) is 5.38 Å². The fourth-order valence-corrected chi connectivity index (χ4v) is 5.10. The van der Waals surface area contributed by atoms with Gasteiger partial charge in [0, 0.05) is 10.9 Å². The molecule has 7 heteroatoms. The monoisotopic (exact) mass is 402 g/mol. The lowest BCUT2D eigenvalue weighted by atomic mass is 9.98. The van der Waals surface area contributed by atoms with Crippen molar-refractivity contribution in [2.75, 3.05) is 5.75 Å². The molecule has 3 aromatic rings. The van der Waals surface area contributed by atoms with E-state index in [1.165, 1.54) is 48.0 Å². The van der Waals surface area contributed by atoms with Crippen LogP contribution in [0.2, 0.25) is 0 Å². The summed E-state index contributed by atoms with van der Waals surface area (Å²) < 4.78 is 18.8. The number of halogens is 1. The molecule has 27 heavy (non-hydrogen) atoms. The summed E-state index contributed by atoms with van der Waals surface area (Å²) in [4.78, 5) is 21.8. The Balaban J connectivity index is 1.52. The van der Waals surface area contributed by atoms with Crippen LogP contribution in [0.25, 0.3) is 21.3 Å². The molecule has 0 aliphatic heterocycles. The van der Waals surface area contributed by atoms with Crippen LogP contribution in [0.3, 0.4) is 0 Å². The van der Waals surface area contributed by atoms with Gasteiger partial charge in [-0.1, -0.05) is 30.3 Å². The third kappa shape index (κ3) is 4.30.